The average Bonchev–Trinajstić information content (AvgIpc) is 2.33. The Kier molecular flexibility index (Phi) is 2.74. The van der Waals surface area contributed by atoms with E-state index in [0.717, 1.165) is 17.5 Å². The van der Waals surface area contributed by atoms with Crippen LogP contribution in [-0.2, 0) is 11.8 Å². The van der Waals surface area contributed by atoms with E-state index in [2.05, 4.69) is 0 Å². The third kappa shape index (κ3) is 1.84. The molecule has 0 spiro atoms. The molecule has 3 nitrogen and oxygen atoms in total. The van der Waals surface area contributed by atoms with Crippen molar-refractivity contribution in [2.75, 3.05) is 0 Å². The Morgan fingerprint density at radius 2 is 2.14 bits per heavy atom. The molecule has 0 amide bonds. The van der Waals surface area contributed by atoms with Gasteiger partial charge in [-0.1, -0.05) is 0 Å². The molecule has 1 heterocycles. The summed E-state index contributed by atoms with van der Waals surface area (Å²) >= 11 is 0. The molecule has 0 aliphatic heterocycles. The topological polar surface area (TPSA) is 42.2 Å². The Morgan fingerprint density at radius 1 is 1.57 bits per heavy atom. The van der Waals surface area contributed by atoms with Gasteiger partial charge in [-0.15, -0.1) is 0 Å². The molecule has 0 fully saturated rings. The standard InChI is InChI=1S/C10H12FNO2/c1-6-4-8(7(2)12(6)3)5-9(11)10(13)14/h4-5H,1-3H3,(H,13,14). The number of rotatable bonds is 2. The Bertz CT molecular complexity index is 404. The maximum absolute atomic E-state index is 12.8. The van der Waals surface area contributed by atoms with Crippen molar-refractivity contribution in [1.29, 1.82) is 0 Å². The van der Waals surface area contributed by atoms with Gasteiger partial charge in [-0.3, -0.25) is 0 Å². The second kappa shape index (κ2) is 3.65. The summed E-state index contributed by atoms with van der Waals surface area (Å²) < 4.78 is 14.7. The zero-order valence-corrected chi connectivity index (χ0v) is 8.34. The third-order valence-electron chi connectivity index (χ3n) is 2.30. The highest BCUT2D eigenvalue weighted by Crippen LogP contribution is 2.17. The third-order valence-corrected chi connectivity index (χ3v) is 2.30. The highest BCUT2D eigenvalue weighted by molar-refractivity contribution is 5.89. The van der Waals surface area contributed by atoms with Crippen molar-refractivity contribution in [3.63, 3.8) is 0 Å². The second-order valence-electron chi connectivity index (χ2n) is 3.18. The van der Waals surface area contributed by atoms with Gasteiger partial charge in [0.15, 0.2) is 0 Å². The normalized spacial score (nSPS) is 11.9. The monoisotopic (exact) mass is 197 g/mol. The summed E-state index contributed by atoms with van der Waals surface area (Å²) in [5.41, 5.74) is 2.41. The van der Waals surface area contributed by atoms with E-state index in [1.165, 1.54) is 0 Å². The molecular weight excluding hydrogens is 185 g/mol. The SMILES string of the molecule is Cc1cc(C=C(F)C(=O)O)c(C)n1C. The van der Waals surface area contributed by atoms with Crippen LogP contribution < -0.4 is 0 Å². The number of aromatic nitrogens is 1. The number of hydrogen-bond acceptors (Lipinski definition) is 1. The van der Waals surface area contributed by atoms with Crippen LogP contribution >= 0.6 is 0 Å². The molecule has 0 radical (unpaired) electrons. The summed E-state index contributed by atoms with van der Waals surface area (Å²) in [5.74, 6) is -2.68. The van der Waals surface area contributed by atoms with Crippen molar-refractivity contribution < 1.29 is 14.3 Å². The molecular formula is C10H12FNO2. The van der Waals surface area contributed by atoms with Gasteiger partial charge in [0.2, 0.25) is 5.83 Å². The summed E-state index contributed by atoms with van der Waals surface area (Å²) in [7, 11) is 1.85. The molecule has 1 aromatic heterocycles. The van der Waals surface area contributed by atoms with Crippen molar-refractivity contribution >= 4 is 12.0 Å². The van der Waals surface area contributed by atoms with Crippen LogP contribution in [-0.4, -0.2) is 15.6 Å². The molecule has 0 unspecified atom stereocenters. The molecule has 0 bridgehead atoms. The van der Waals surface area contributed by atoms with Crippen molar-refractivity contribution in [1.82, 2.24) is 4.57 Å². The van der Waals surface area contributed by atoms with Crippen LogP contribution in [0.4, 0.5) is 4.39 Å². The Hall–Kier alpha value is -1.58. The van der Waals surface area contributed by atoms with Crippen LogP contribution in [0, 0.1) is 13.8 Å². The van der Waals surface area contributed by atoms with Gasteiger partial charge in [-0.05, 0) is 31.6 Å². The highest BCUT2D eigenvalue weighted by atomic mass is 19.1. The average molecular weight is 197 g/mol. The predicted octanol–water partition coefficient (Wildman–Crippen LogP) is 2.04. The Labute approximate surface area is 81.5 Å². The summed E-state index contributed by atoms with van der Waals surface area (Å²) in [6, 6.07) is 1.75. The second-order valence-corrected chi connectivity index (χ2v) is 3.18. The predicted molar refractivity (Wildman–Crippen MR) is 51.6 cm³/mol. The first-order valence-corrected chi connectivity index (χ1v) is 4.17. The van der Waals surface area contributed by atoms with Gasteiger partial charge in [0, 0.05) is 18.4 Å². The zero-order valence-electron chi connectivity index (χ0n) is 8.34. The van der Waals surface area contributed by atoms with Gasteiger partial charge in [0.1, 0.15) is 0 Å². The van der Waals surface area contributed by atoms with Gasteiger partial charge in [0.05, 0.1) is 0 Å². The number of aliphatic carboxylic acids is 1. The first kappa shape index (κ1) is 10.5. The molecule has 76 valence electrons. The maximum Gasteiger partial charge on any atom is 0.364 e. The van der Waals surface area contributed by atoms with E-state index < -0.39 is 11.8 Å². The minimum Gasteiger partial charge on any atom is -0.476 e. The van der Waals surface area contributed by atoms with Gasteiger partial charge in [-0.2, -0.15) is 4.39 Å². The van der Waals surface area contributed by atoms with Gasteiger partial charge >= 0.3 is 5.97 Å². The van der Waals surface area contributed by atoms with Gasteiger partial charge in [0.25, 0.3) is 0 Å². The number of carboxylic acid groups (broad SMARTS) is 1. The van der Waals surface area contributed by atoms with E-state index in [9.17, 15) is 9.18 Å². The molecule has 0 aliphatic carbocycles. The smallest absolute Gasteiger partial charge is 0.364 e. The van der Waals surface area contributed by atoms with Crippen LogP contribution in [0.3, 0.4) is 0 Å². The first-order valence-electron chi connectivity index (χ1n) is 4.17. The lowest BCUT2D eigenvalue weighted by Gasteiger charge is -1.98. The van der Waals surface area contributed by atoms with E-state index in [-0.39, 0.29) is 0 Å². The van der Waals surface area contributed by atoms with Crippen molar-refractivity contribution in [2.24, 2.45) is 7.05 Å². The largest absolute Gasteiger partial charge is 0.476 e. The lowest BCUT2D eigenvalue weighted by molar-refractivity contribution is -0.134. The Balaban J connectivity index is 3.16. The fraction of sp³-hybridized carbons (Fsp3) is 0.300. The van der Waals surface area contributed by atoms with Crippen molar-refractivity contribution in [3.05, 3.63) is 28.8 Å². The molecule has 1 rings (SSSR count). The summed E-state index contributed by atoms with van der Waals surface area (Å²) in [6.45, 7) is 3.69. The molecule has 4 heteroatoms. The van der Waals surface area contributed by atoms with Crippen LogP contribution in [0.5, 0.6) is 0 Å². The van der Waals surface area contributed by atoms with E-state index in [1.54, 1.807) is 6.07 Å². The number of carboxylic acids is 1. The van der Waals surface area contributed by atoms with E-state index >= 15 is 0 Å². The zero-order chi connectivity index (χ0) is 10.9. The van der Waals surface area contributed by atoms with Gasteiger partial charge in [-0.25, -0.2) is 4.79 Å². The fourth-order valence-electron chi connectivity index (χ4n) is 1.23. The van der Waals surface area contributed by atoms with E-state index in [4.69, 9.17) is 5.11 Å². The number of nitrogens with zero attached hydrogens (tertiary/aromatic N) is 1. The molecule has 14 heavy (non-hydrogen) atoms. The summed E-state index contributed by atoms with van der Waals surface area (Å²) in [6.07, 6.45) is 1.03. The van der Waals surface area contributed by atoms with Gasteiger partial charge < -0.3 is 9.67 Å². The molecule has 0 atom stereocenters. The minimum absolute atomic E-state index is 0.602. The number of aryl methyl sites for hydroxylation is 1. The van der Waals surface area contributed by atoms with Crippen LogP contribution in [0.15, 0.2) is 11.9 Å². The van der Waals surface area contributed by atoms with E-state index in [0.29, 0.717) is 5.56 Å². The maximum atomic E-state index is 12.8. The quantitative estimate of drug-likeness (QED) is 0.737. The first-order chi connectivity index (χ1) is 6.43. The Morgan fingerprint density at radius 3 is 2.50 bits per heavy atom. The molecule has 1 N–H and O–H groups in total. The lowest BCUT2D eigenvalue weighted by atomic mass is 10.2. The molecule has 0 aromatic carbocycles. The minimum atomic E-state index is -1.54. The molecule has 0 saturated carbocycles. The molecule has 0 aliphatic rings. The number of halogens is 1. The summed E-state index contributed by atoms with van der Waals surface area (Å²) in [5, 5.41) is 8.36. The van der Waals surface area contributed by atoms with Crippen LogP contribution in [0.25, 0.3) is 6.08 Å². The number of hydrogen-bond donors (Lipinski definition) is 1. The fourth-order valence-corrected chi connectivity index (χ4v) is 1.23. The number of carbonyl (C=O) groups is 1. The lowest BCUT2D eigenvalue weighted by Crippen LogP contribution is -1.95. The highest BCUT2D eigenvalue weighted by Gasteiger charge is 2.09. The molecule has 1 aromatic rings. The van der Waals surface area contributed by atoms with Crippen molar-refractivity contribution in [3.8, 4) is 0 Å². The van der Waals surface area contributed by atoms with Crippen molar-refractivity contribution in [2.45, 2.75) is 13.8 Å². The summed E-state index contributed by atoms with van der Waals surface area (Å²) in [4.78, 5) is 10.3. The van der Waals surface area contributed by atoms with Crippen LogP contribution in [0.2, 0.25) is 0 Å². The molecule has 0 saturated heterocycles. The van der Waals surface area contributed by atoms with E-state index in [1.807, 2.05) is 25.5 Å². The van der Waals surface area contributed by atoms with Crippen LogP contribution in [0.1, 0.15) is 17.0 Å².